The van der Waals surface area contributed by atoms with Crippen molar-refractivity contribution in [2.75, 3.05) is 0 Å². The molecule has 2 atom stereocenters. The Morgan fingerprint density at radius 3 is 1.00 bits per heavy atom. The summed E-state index contributed by atoms with van der Waals surface area (Å²) >= 11 is 0. The van der Waals surface area contributed by atoms with Gasteiger partial charge in [0.15, 0.2) is 0 Å². The Hall–Kier alpha value is -1.04. The van der Waals surface area contributed by atoms with E-state index in [4.69, 9.17) is 0 Å². The quantitative estimate of drug-likeness (QED) is 0.233. The van der Waals surface area contributed by atoms with E-state index in [9.17, 15) is 0 Å². The van der Waals surface area contributed by atoms with Crippen molar-refractivity contribution in [1.82, 2.24) is 0 Å². The molecule has 0 nitrogen and oxygen atoms in total. The van der Waals surface area contributed by atoms with Gasteiger partial charge in [-0.15, -0.1) is 0 Å². The first-order chi connectivity index (χ1) is 21.5. The highest BCUT2D eigenvalue weighted by Gasteiger charge is 2.24. The molecule has 0 saturated carbocycles. The van der Waals surface area contributed by atoms with Crippen molar-refractivity contribution in [1.29, 1.82) is 0 Å². The third kappa shape index (κ3) is 14.2. The molecule has 4 aliphatic carbocycles. The maximum absolute atomic E-state index is 2.48. The molecule has 0 aromatic heterocycles. The molecule has 0 heterocycles. The van der Waals surface area contributed by atoms with Crippen LogP contribution in [0.25, 0.3) is 0 Å². The van der Waals surface area contributed by atoms with E-state index in [1.165, 1.54) is 77.0 Å². The van der Waals surface area contributed by atoms with Crippen LogP contribution < -0.4 is 0 Å². The van der Waals surface area contributed by atoms with Gasteiger partial charge < -0.3 is 0 Å². The Morgan fingerprint density at radius 2 is 0.696 bits per heavy atom. The minimum absolute atomic E-state index is 0.762. The summed E-state index contributed by atoms with van der Waals surface area (Å²) in [5.41, 5.74) is 10.4. The van der Waals surface area contributed by atoms with E-state index in [1.807, 2.05) is 0 Å². The van der Waals surface area contributed by atoms with Crippen LogP contribution in [-0.2, 0) is 0 Å². The zero-order valence-electron chi connectivity index (χ0n) is 34.4. The molecule has 0 aromatic rings. The average molecular weight is 637 g/mol. The van der Waals surface area contributed by atoms with Crippen molar-refractivity contribution in [3.63, 3.8) is 0 Å². The highest BCUT2D eigenvalue weighted by molar-refractivity contribution is 5.23. The van der Waals surface area contributed by atoms with E-state index in [0.29, 0.717) is 0 Å². The Morgan fingerprint density at radius 1 is 0.370 bits per heavy atom. The second-order valence-electron chi connectivity index (χ2n) is 17.7. The number of hydrogen-bond acceptors (Lipinski definition) is 0. The van der Waals surface area contributed by atoms with Crippen molar-refractivity contribution in [3.8, 4) is 0 Å². The van der Waals surface area contributed by atoms with Crippen LogP contribution in [0, 0.1) is 59.2 Å². The molecule has 46 heavy (non-hydrogen) atoms. The van der Waals surface area contributed by atoms with Crippen molar-refractivity contribution in [2.24, 2.45) is 59.2 Å². The Labute approximate surface area is 291 Å². The largest absolute Gasteiger partial charge is 0.0848 e. The lowest BCUT2D eigenvalue weighted by atomic mass is 9.76. The number of hydrogen-bond donors (Lipinski definition) is 0. The Kier molecular flexibility index (Phi) is 20.4. The van der Waals surface area contributed by atoms with Crippen LogP contribution in [0.15, 0.2) is 45.6 Å². The first-order valence-corrected chi connectivity index (χ1v) is 20.3. The van der Waals surface area contributed by atoms with E-state index in [2.05, 4.69) is 123 Å². The summed E-state index contributed by atoms with van der Waals surface area (Å²) in [5.74, 6) is 8.09. The average Bonchev–Trinajstić information content (AvgIpc) is 3.69. The SMILES string of the molecule is CC(C)C1=C(C(C)C)CCC1.CC(C)C1=C(C(C)C)CCCC1.CC(C)C1=CCCC1C(C)C.CC(C)C1=CCCCC1C(C)C. The molecular formula is C46H84. The fraction of sp³-hybridized carbons (Fsp3) is 0.826. The maximum Gasteiger partial charge on any atom is -0.0175 e. The molecule has 0 bridgehead atoms. The third-order valence-corrected chi connectivity index (χ3v) is 11.4. The molecule has 0 heteroatoms. The second-order valence-corrected chi connectivity index (χ2v) is 17.7. The Bertz CT molecular complexity index is 930. The fourth-order valence-electron chi connectivity index (χ4n) is 8.82. The molecule has 0 radical (unpaired) electrons. The molecule has 2 unspecified atom stereocenters. The highest BCUT2D eigenvalue weighted by atomic mass is 14.3. The standard InChI is InChI=1S/2C12H22.2C11H20/c2*1-9(2)11-7-5-6-8-12(11)10(3)4;2*1-8(2)10-6-5-7-11(10)9(3)4/h9-10H,5-8H2,1-4H3;7,9-10,12H,5-6,8H2,1-4H3;8-9H,5-7H2,1-4H3;6,8-9,11H,5,7H2,1-4H3. The first kappa shape index (κ1) is 43.0. The fourth-order valence-corrected chi connectivity index (χ4v) is 8.82. The zero-order chi connectivity index (χ0) is 35.1. The monoisotopic (exact) mass is 637 g/mol. The predicted octanol–water partition coefficient (Wildman–Crippen LogP) is 15.6. The summed E-state index contributed by atoms with van der Waals surface area (Å²) in [6.07, 6.45) is 21.5. The van der Waals surface area contributed by atoms with Crippen molar-refractivity contribution in [3.05, 3.63) is 45.6 Å². The third-order valence-electron chi connectivity index (χ3n) is 11.4. The molecule has 0 fully saturated rings. The normalized spacial score (nSPS) is 22.1. The minimum atomic E-state index is 0.762. The van der Waals surface area contributed by atoms with Gasteiger partial charge in [-0.05, 0) is 136 Å². The maximum atomic E-state index is 2.48. The lowest BCUT2D eigenvalue weighted by molar-refractivity contribution is 0.362. The van der Waals surface area contributed by atoms with Crippen LogP contribution in [0.3, 0.4) is 0 Å². The van der Waals surface area contributed by atoms with E-state index >= 15 is 0 Å². The summed E-state index contributed by atoms with van der Waals surface area (Å²) in [6, 6.07) is 0. The van der Waals surface area contributed by atoms with Gasteiger partial charge in [0.1, 0.15) is 0 Å². The topological polar surface area (TPSA) is 0 Å². The summed E-state index contributed by atoms with van der Waals surface area (Å²) in [5, 5.41) is 0. The molecule has 0 spiro atoms. The van der Waals surface area contributed by atoms with Crippen molar-refractivity contribution in [2.45, 2.75) is 188 Å². The molecule has 4 aliphatic rings. The van der Waals surface area contributed by atoms with Gasteiger partial charge in [-0.1, -0.05) is 156 Å². The molecule has 4 rings (SSSR count). The van der Waals surface area contributed by atoms with E-state index in [-0.39, 0.29) is 0 Å². The molecule has 268 valence electrons. The summed E-state index contributed by atoms with van der Waals surface area (Å²) < 4.78 is 0. The number of rotatable bonds is 8. The first-order valence-electron chi connectivity index (χ1n) is 20.3. The van der Waals surface area contributed by atoms with Gasteiger partial charge in [0.2, 0.25) is 0 Å². The summed E-state index contributed by atoms with van der Waals surface area (Å²) in [4.78, 5) is 0. The van der Waals surface area contributed by atoms with Crippen molar-refractivity contribution < 1.29 is 0 Å². The smallest absolute Gasteiger partial charge is 0.0175 e. The molecular weight excluding hydrogens is 553 g/mol. The lowest BCUT2D eigenvalue weighted by Gasteiger charge is -2.30. The Balaban J connectivity index is 0.000000307. The molecule has 0 aromatic carbocycles. The summed E-state index contributed by atoms with van der Waals surface area (Å²) in [7, 11) is 0. The van der Waals surface area contributed by atoms with Gasteiger partial charge >= 0.3 is 0 Å². The lowest BCUT2D eigenvalue weighted by Crippen LogP contribution is -2.18. The molecule has 0 amide bonds. The van der Waals surface area contributed by atoms with Crippen LogP contribution >= 0.6 is 0 Å². The van der Waals surface area contributed by atoms with Gasteiger partial charge in [0.05, 0.1) is 0 Å². The van der Waals surface area contributed by atoms with Crippen LogP contribution in [0.1, 0.15) is 188 Å². The second kappa shape index (κ2) is 21.8. The zero-order valence-corrected chi connectivity index (χ0v) is 34.4. The molecule has 0 N–H and O–H groups in total. The predicted molar refractivity (Wildman–Crippen MR) is 211 cm³/mol. The highest BCUT2D eigenvalue weighted by Crippen LogP contribution is 2.37. The van der Waals surface area contributed by atoms with Crippen molar-refractivity contribution >= 4 is 0 Å². The van der Waals surface area contributed by atoms with Crippen LogP contribution in [-0.4, -0.2) is 0 Å². The van der Waals surface area contributed by atoms with E-state index in [1.54, 1.807) is 33.4 Å². The van der Waals surface area contributed by atoms with Gasteiger partial charge in [0.25, 0.3) is 0 Å². The molecule has 0 saturated heterocycles. The minimum Gasteiger partial charge on any atom is -0.0848 e. The van der Waals surface area contributed by atoms with Crippen LogP contribution in [0.5, 0.6) is 0 Å². The van der Waals surface area contributed by atoms with Gasteiger partial charge in [0, 0.05) is 0 Å². The van der Waals surface area contributed by atoms with E-state index in [0.717, 1.165) is 59.2 Å². The van der Waals surface area contributed by atoms with Gasteiger partial charge in [-0.2, -0.15) is 0 Å². The number of allylic oxidation sites excluding steroid dienone is 8. The van der Waals surface area contributed by atoms with Crippen LogP contribution in [0.4, 0.5) is 0 Å². The van der Waals surface area contributed by atoms with Gasteiger partial charge in [-0.3, -0.25) is 0 Å². The molecule has 0 aliphatic heterocycles. The van der Waals surface area contributed by atoms with Gasteiger partial charge in [-0.25, -0.2) is 0 Å². The summed E-state index contributed by atoms with van der Waals surface area (Å²) in [6.45, 7) is 37.3. The van der Waals surface area contributed by atoms with Crippen LogP contribution in [0.2, 0.25) is 0 Å². The van der Waals surface area contributed by atoms with E-state index < -0.39 is 0 Å².